The third-order valence-corrected chi connectivity index (χ3v) is 3.55. The molecule has 0 radical (unpaired) electrons. The molecule has 1 heterocycles. The van der Waals surface area contributed by atoms with E-state index >= 15 is 0 Å². The second-order valence-corrected chi connectivity index (χ2v) is 5.75. The van der Waals surface area contributed by atoms with E-state index in [1.165, 1.54) is 12.1 Å². The summed E-state index contributed by atoms with van der Waals surface area (Å²) >= 11 is 17.6. The predicted octanol–water partition coefficient (Wildman–Crippen LogP) is 4.82. The van der Waals surface area contributed by atoms with E-state index in [-0.39, 0.29) is 16.5 Å². The quantitative estimate of drug-likeness (QED) is 0.779. The lowest BCUT2D eigenvalue weighted by atomic mass is 10.2. The summed E-state index contributed by atoms with van der Waals surface area (Å²) in [6.45, 7) is 2.66. The first-order chi connectivity index (χ1) is 9.92. The van der Waals surface area contributed by atoms with Crippen molar-refractivity contribution in [1.29, 1.82) is 0 Å². The summed E-state index contributed by atoms with van der Waals surface area (Å²) in [5, 5.41) is 13.3. The van der Waals surface area contributed by atoms with Crippen molar-refractivity contribution in [2.75, 3.05) is 5.32 Å². The zero-order chi connectivity index (χ0) is 15.6. The fraction of sp³-hybridized carbons (Fsp3) is 0.214. The van der Waals surface area contributed by atoms with Gasteiger partial charge in [-0.2, -0.15) is 0 Å². The highest BCUT2D eigenvalue weighted by Crippen LogP contribution is 2.35. The van der Waals surface area contributed by atoms with Gasteiger partial charge in [0.1, 0.15) is 5.69 Å². The smallest absolute Gasteiger partial charge is 0.272 e. The Morgan fingerprint density at radius 2 is 1.95 bits per heavy atom. The van der Waals surface area contributed by atoms with Crippen molar-refractivity contribution in [1.82, 2.24) is 4.57 Å². The molecule has 2 rings (SSSR count). The van der Waals surface area contributed by atoms with Crippen LogP contribution in [0, 0.1) is 0 Å². The van der Waals surface area contributed by atoms with Gasteiger partial charge in [0.15, 0.2) is 5.75 Å². The zero-order valence-corrected chi connectivity index (χ0v) is 13.4. The molecule has 2 aromatic rings. The number of aromatic nitrogens is 1. The number of benzene rings is 1. The number of aryl methyl sites for hydroxylation is 1. The van der Waals surface area contributed by atoms with Crippen LogP contribution in [0.15, 0.2) is 24.4 Å². The van der Waals surface area contributed by atoms with Gasteiger partial charge in [-0.25, -0.2) is 0 Å². The van der Waals surface area contributed by atoms with E-state index < -0.39 is 5.91 Å². The molecule has 0 spiro atoms. The molecule has 1 aromatic heterocycles. The number of nitrogens with zero attached hydrogens (tertiary/aromatic N) is 1. The van der Waals surface area contributed by atoms with Crippen LogP contribution in [0.25, 0.3) is 0 Å². The number of nitrogens with one attached hydrogen (secondary N) is 1. The number of rotatable bonds is 4. The molecule has 4 nitrogen and oxygen atoms in total. The van der Waals surface area contributed by atoms with Crippen LogP contribution in [0.4, 0.5) is 5.69 Å². The molecule has 21 heavy (non-hydrogen) atoms. The molecule has 2 N–H and O–H groups in total. The Morgan fingerprint density at radius 1 is 1.24 bits per heavy atom. The molecule has 0 unspecified atom stereocenters. The number of hydrogen-bond acceptors (Lipinski definition) is 2. The van der Waals surface area contributed by atoms with Gasteiger partial charge >= 0.3 is 0 Å². The minimum atomic E-state index is -0.399. The second-order valence-electron chi connectivity index (χ2n) is 4.47. The van der Waals surface area contributed by atoms with Gasteiger partial charge in [-0.15, -0.1) is 0 Å². The van der Waals surface area contributed by atoms with E-state index in [9.17, 15) is 9.90 Å². The van der Waals surface area contributed by atoms with E-state index in [1.807, 2.05) is 6.92 Å². The number of carbonyl (C=O) groups excluding carboxylic acids is 1. The minimum absolute atomic E-state index is 0.0692. The standard InChI is InChI=1S/C14H13Cl3N2O2/c1-2-3-19-7-9(16)6-12(19)14(21)18-11-5-8(15)4-10(17)13(11)20/h4-7,20H,2-3H2,1H3,(H,18,21). The highest BCUT2D eigenvalue weighted by atomic mass is 35.5. The fourth-order valence-corrected chi connectivity index (χ4v) is 2.65. The summed E-state index contributed by atoms with van der Waals surface area (Å²) < 4.78 is 1.75. The highest BCUT2D eigenvalue weighted by molar-refractivity contribution is 6.36. The average Bonchev–Trinajstić information content (AvgIpc) is 2.77. The monoisotopic (exact) mass is 346 g/mol. The molecule has 0 aliphatic heterocycles. The van der Waals surface area contributed by atoms with Crippen LogP contribution in [0.2, 0.25) is 15.1 Å². The van der Waals surface area contributed by atoms with Crippen LogP contribution < -0.4 is 5.32 Å². The normalized spacial score (nSPS) is 10.7. The maximum Gasteiger partial charge on any atom is 0.272 e. The van der Waals surface area contributed by atoms with Gasteiger partial charge in [0.05, 0.1) is 15.7 Å². The summed E-state index contributed by atoms with van der Waals surface area (Å²) in [6, 6.07) is 4.38. The first kappa shape index (κ1) is 16.0. The van der Waals surface area contributed by atoms with Gasteiger partial charge in [0.25, 0.3) is 5.91 Å². The Balaban J connectivity index is 2.30. The number of amides is 1. The minimum Gasteiger partial charge on any atom is -0.504 e. The first-order valence-electron chi connectivity index (χ1n) is 6.27. The number of halogens is 3. The number of anilines is 1. The largest absolute Gasteiger partial charge is 0.504 e. The van der Waals surface area contributed by atoms with Gasteiger partial charge in [0.2, 0.25) is 0 Å². The molecular weight excluding hydrogens is 335 g/mol. The van der Waals surface area contributed by atoms with E-state index in [4.69, 9.17) is 34.8 Å². The van der Waals surface area contributed by atoms with Gasteiger partial charge in [-0.3, -0.25) is 4.79 Å². The summed E-state index contributed by atoms with van der Waals surface area (Å²) in [5.41, 5.74) is 0.551. The van der Waals surface area contributed by atoms with Crippen LogP contribution in [-0.2, 0) is 6.54 Å². The van der Waals surface area contributed by atoms with Crippen molar-refractivity contribution >= 4 is 46.4 Å². The van der Waals surface area contributed by atoms with Crippen LogP contribution in [0.1, 0.15) is 23.8 Å². The van der Waals surface area contributed by atoms with Crippen molar-refractivity contribution in [3.8, 4) is 5.75 Å². The van der Waals surface area contributed by atoms with Crippen LogP contribution in [0.5, 0.6) is 5.75 Å². The van der Waals surface area contributed by atoms with Gasteiger partial charge in [-0.1, -0.05) is 41.7 Å². The molecule has 112 valence electrons. The van der Waals surface area contributed by atoms with Gasteiger partial charge in [-0.05, 0) is 24.6 Å². The van der Waals surface area contributed by atoms with E-state index in [1.54, 1.807) is 16.8 Å². The topological polar surface area (TPSA) is 54.3 Å². The Bertz CT molecular complexity index is 683. The van der Waals surface area contributed by atoms with Crippen LogP contribution >= 0.6 is 34.8 Å². The molecule has 1 amide bonds. The Morgan fingerprint density at radius 3 is 2.62 bits per heavy atom. The first-order valence-corrected chi connectivity index (χ1v) is 7.40. The molecule has 0 saturated heterocycles. The summed E-state index contributed by atoms with van der Waals surface area (Å²) in [6.07, 6.45) is 2.55. The van der Waals surface area contributed by atoms with Crippen LogP contribution in [-0.4, -0.2) is 15.6 Å². The Labute approximate surface area is 137 Å². The zero-order valence-electron chi connectivity index (χ0n) is 11.2. The lowest BCUT2D eigenvalue weighted by Gasteiger charge is -2.11. The van der Waals surface area contributed by atoms with Crippen molar-refractivity contribution < 1.29 is 9.90 Å². The van der Waals surface area contributed by atoms with E-state index in [0.717, 1.165) is 6.42 Å². The van der Waals surface area contributed by atoms with Crippen LogP contribution in [0.3, 0.4) is 0 Å². The number of phenols is 1. The number of phenolic OH excluding ortho intramolecular Hbond substituents is 1. The predicted molar refractivity (Wildman–Crippen MR) is 85.8 cm³/mol. The third kappa shape index (κ3) is 3.64. The lowest BCUT2D eigenvalue weighted by molar-refractivity contribution is 0.101. The number of carbonyl (C=O) groups is 1. The third-order valence-electron chi connectivity index (χ3n) is 2.84. The SMILES string of the molecule is CCCn1cc(Cl)cc1C(=O)Nc1cc(Cl)cc(Cl)c1O. The van der Waals surface area contributed by atoms with Gasteiger partial charge < -0.3 is 15.0 Å². The van der Waals surface area contributed by atoms with Crippen molar-refractivity contribution in [3.63, 3.8) is 0 Å². The lowest BCUT2D eigenvalue weighted by Crippen LogP contribution is -2.16. The fourth-order valence-electron chi connectivity index (χ4n) is 1.94. The van der Waals surface area contributed by atoms with Crippen molar-refractivity contribution in [3.05, 3.63) is 45.2 Å². The maximum atomic E-state index is 12.3. The molecule has 1 aromatic carbocycles. The molecule has 0 atom stereocenters. The molecule has 0 saturated carbocycles. The Hall–Kier alpha value is -1.36. The number of hydrogen-bond donors (Lipinski definition) is 2. The maximum absolute atomic E-state index is 12.3. The summed E-state index contributed by atoms with van der Waals surface area (Å²) in [5.74, 6) is -0.627. The second kappa shape index (κ2) is 6.60. The van der Waals surface area contributed by atoms with E-state index in [2.05, 4.69) is 5.32 Å². The summed E-state index contributed by atoms with van der Waals surface area (Å²) in [4.78, 5) is 12.3. The van der Waals surface area contributed by atoms with Gasteiger partial charge in [0, 0.05) is 17.8 Å². The van der Waals surface area contributed by atoms with E-state index in [0.29, 0.717) is 22.3 Å². The molecule has 0 aliphatic carbocycles. The number of aromatic hydroxyl groups is 1. The molecule has 0 aliphatic rings. The summed E-state index contributed by atoms with van der Waals surface area (Å²) in [7, 11) is 0. The highest BCUT2D eigenvalue weighted by Gasteiger charge is 2.16. The molecule has 0 bridgehead atoms. The van der Waals surface area contributed by atoms with Crippen molar-refractivity contribution in [2.45, 2.75) is 19.9 Å². The van der Waals surface area contributed by atoms with Crippen molar-refractivity contribution in [2.24, 2.45) is 0 Å². The average molecular weight is 348 g/mol. The molecule has 7 heteroatoms. The molecular formula is C14H13Cl3N2O2. The Kier molecular flexibility index (Phi) is 5.04. The molecule has 0 fully saturated rings.